The van der Waals surface area contributed by atoms with Crippen LogP contribution < -0.4 is 0 Å². The van der Waals surface area contributed by atoms with Gasteiger partial charge >= 0.3 is 0 Å². The Balaban J connectivity index is 1.26. The normalized spacial score (nSPS) is 39.1. The molecule has 0 aromatic heterocycles. The number of rotatable bonds is 5. The summed E-state index contributed by atoms with van der Waals surface area (Å²) in [5, 5.41) is 0.550. The molecule has 4 rings (SSSR count). The minimum absolute atomic E-state index is 0.550. The van der Waals surface area contributed by atoms with Crippen molar-refractivity contribution in [1.29, 1.82) is 0 Å². The third-order valence-corrected chi connectivity index (χ3v) is 6.96. The van der Waals surface area contributed by atoms with Crippen LogP contribution in [0.4, 0.5) is 0 Å². The standard InChI is InChI=1S/C18H32N2O2S/c1-13(15-2-3-19(7-15)16-9-21-10-16)4-14-5-18(23)8-20(6-14)17-11-22-12-17/h13-18,23H,2-12H2,1H3/t13?,14?,15-,18+/m0/s1. The van der Waals surface area contributed by atoms with Crippen LogP contribution >= 0.6 is 12.6 Å². The van der Waals surface area contributed by atoms with E-state index in [2.05, 4.69) is 16.7 Å². The number of hydrogen-bond acceptors (Lipinski definition) is 5. The van der Waals surface area contributed by atoms with Crippen molar-refractivity contribution in [2.45, 2.75) is 43.5 Å². The number of thiol groups is 1. The van der Waals surface area contributed by atoms with E-state index in [9.17, 15) is 0 Å². The first-order chi connectivity index (χ1) is 11.2. The SMILES string of the molecule is CC(CC1C[C@@H](S)CN(C2COC2)C1)[C@H]1CCN(C2COC2)C1. The second kappa shape index (κ2) is 7.20. The molecule has 2 unspecified atom stereocenters. The van der Waals surface area contributed by atoms with Crippen molar-refractivity contribution in [1.82, 2.24) is 9.80 Å². The van der Waals surface area contributed by atoms with Crippen molar-refractivity contribution in [3.63, 3.8) is 0 Å². The van der Waals surface area contributed by atoms with Gasteiger partial charge in [-0.25, -0.2) is 0 Å². The smallest absolute Gasteiger partial charge is 0.0645 e. The van der Waals surface area contributed by atoms with Gasteiger partial charge in [0.2, 0.25) is 0 Å². The van der Waals surface area contributed by atoms with Crippen molar-refractivity contribution in [3.05, 3.63) is 0 Å². The van der Waals surface area contributed by atoms with Gasteiger partial charge in [-0.3, -0.25) is 9.80 Å². The summed E-state index contributed by atoms with van der Waals surface area (Å²) in [5.74, 6) is 2.54. The molecular weight excluding hydrogens is 308 g/mol. The Morgan fingerprint density at radius 3 is 2.35 bits per heavy atom. The van der Waals surface area contributed by atoms with Crippen LogP contribution in [0.25, 0.3) is 0 Å². The van der Waals surface area contributed by atoms with Gasteiger partial charge in [-0.2, -0.15) is 12.6 Å². The summed E-state index contributed by atoms with van der Waals surface area (Å²) in [6.45, 7) is 11.3. The molecule has 4 aliphatic heterocycles. The highest BCUT2D eigenvalue weighted by atomic mass is 32.1. The summed E-state index contributed by atoms with van der Waals surface area (Å²) >= 11 is 4.83. The van der Waals surface area contributed by atoms with Crippen molar-refractivity contribution < 1.29 is 9.47 Å². The van der Waals surface area contributed by atoms with E-state index >= 15 is 0 Å². The number of ether oxygens (including phenoxy) is 2. The van der Waals surface area contributed by atoms with E-state index in [-0.39, 0.29) is 0 Å². The largest absolute Gasteiger partial charge is 0.378 e. The van der Waals surface area contributed by atoms with Gasteiger partial charge in [-0.05, 0) is 43.6 Å². The Bertz CT molecular complexity index is 402. The molecule has 0 N–H and O–H groups in total. The summed E-state index contributed by atoms with van der Waals surface area (Å²) in [6.07, 6.45) is 4.06. The van der Waals surface area contributed by atoms with Crippen LogP contribution in [-0.4, -0.2) is 79.7 Å². The predicted molar refractivity (Wildman–Crippen MR) is 95.1 cm³/mol. The summed E-state index contributed by atoms with van der Waals surface area (Å²) in [6, 6.07) is 1.39. The highest BCUT2D eigenvalue weighted by Gasteiger charge is 2.37. The Morgan fingerprint density at radius 1 is 1.00 bits per heavy atom. The lowest BCUT2D eigenvalue weighted by molar-refractivity contribution is -0.0767. The van der Waals surface area contributed by atoms with Gasteiger partial charge in [-0.15, -0.1) is 0 Å². The highest BCUT2D eigenvalue weighted by molar-refractivity contribution is 7.81. The molecule has 0 radical (unpaired) electrons. The molecule has 0 aromatic carbocycles. The quantitative estimate of drug-likeness (QED) is 0.771. The lowest BCUT2D eigenvalue weighted by Gasteiger charge is -2.44. The zero-order valence-electron chi connectivity index (χ0n) is 14.4. The molecule has 23 heavy (non-hydrogen) atoms. The van der Waals surface area contributed by atoms with E-state index in [0.29, 0.717) is 11.3 Å². The van der Waals surface area contributed by atoms with Crippen molar-refractivity contribution in [3.8, 4) is 0 Å². The third-order valence-electron chi connectivity index (χ3n) is 6.58. The van der Waals surface area contributed by atoms with E-state index in [1.54, 1.807) is 0 Å². The van der Waals surface area contributed by atoms with E-state index < -0.39 is 0 Å². The van der Waals surface area contributed by atoms with Crippen LogP contribution in [0.2, 0.25) is 0 Å². The van der Waals surface area contributed by atoms with Gasteiger partial charge in [0.15, 0.2) is 0 Å². The third kappa shape index (κ3) is 3.74. The molecule has 4 nitrogen and oxygen atoms in total. The topological polar surface area (TPSA) is 24.9 Å². The molecule has 4 fully saturated rings. The van der Waals surface area contributed by atoms with Crippen molar-refractivity contribution in [2.24, 2.45) is 17.8 Å². The molecule has 0 aliphatic carbocycles. The number of piperidine rings is 1. The Hall–Kier alpha value is 0.190. The summed E-state index contributed by atoms with van der Waals surface area (Å²) in [4.78, 5) is 5.32. The maximum atomic E-state index is 5.39. The van der Waals surface area contributed by atoms with Gasteiger partial charge in [0.05, 0.1) is 38.5 Å². The first-order valence-corrected chi connectivity index (χ1v) is 10.0. The second-order valence-corrected chi connectivity index (χ2v) is 9.08. The molecule has 4 atom stereocenters. The summed E-state index contributed by atoms with van der Waals surface area (Å²) in [7, 11) is 0. The fourth-order valence-corrected chi connectivity index (χ4v) is 5.39. The molecule has 4 saturated heterocycles. The number of likely N-dealkylation sites (tertiary alicyclic amines) is 2. The zero-order valence-corrected chi connectivity index (χ0v) is 15.3. The van der Waals surface area contributed by atoms with Crippen LogP contribution in [-0.2, 0) is 9.47 Å². The van der Waals surface area contributed by atoms with Crippen LogP contribution in [0.1, 0.15) is 26.2 Å². The fraction of sp³-hybridized carbons (Fsp3) is 1.00. The minimum atomic E-state index is 0.550. The molecule has 4 aliphatic rings. The lowest BCUT2D eigenvalue weighted by Crippen LogP contribution is -2.55. The summed E-state index contributed by atoms with van der Waals surface area (Å²) < 4.78 is 10.7. The first-order valence-electron chi connectivity index (χ1n) is 9.50. The van der Waals surface area contributed by atoms with Crippen LogP contribution in [0.15, 0.2) is 0 Å². The Kier molecular flexibility index (Phi) is 5.21. The molecule has 5 heteroatoms. The van der Waals surface area contributed by atoms with E-state index in [0.717, 1.165) is 56.8 Å². The molecule has 132 valence electrons. The van der Waals surface area contributed by atoms with Crippen molar-refractivity contribution >= 4 is 12.6 Å². The molecule has 0 spiro atoms. The van der Waals surface area contributed by atoms with E-state index in [1.165, 1.54) is 38.9 Å². The molecule has 4 heterocycles. The lowest BCUT2D eigenvalue weighted by atomic mass is 9.81. The van der Waals surface area contributed by atoms with Crippen LogP contribution in [0.5, 0.6) is 0 Å². The van der Waals surface area contributed by atoms with Crippen LogP contribution in [0.3, 0.4) is 0 Å². The van der Waals surface area contributed by atoms with Gasteiger partial charge in [0, 0.05) is 24.9 Å². The predicted octanol–water partition coefficient (Wildman–Crippen LogP) is 1.75. The Morgan fingerprint density at radius 2 is 1.70 bits per heavy atom. The average molecular weight is 341 g/mol. The minimum Gasteiger partial charge on any atom is -0.378 e. The van der Waals surface area contributed by atoms with Gasteiger partial charge in [0.1, 0.15) is 0 Å². The van der Waals surface area contributed by atoms with Gasteiger partial charge in [0.25, 0.3) is 0 Å². The summed E-state index contributed by atoms with van der Waals surface area (Å²) in [5.41, 5.74) is 0. The molecule has 0 amide bonds. The van der Waals surface area contributed by atoms with Crippen LogP contribution in [0, 0.1) is 17.8 Å². The second-order valence-electron chi connectivity index (χ2n) is 8.35. The van der Waals surface area contributed by atoms with E-state index in [4.69, 9.17) is 22.1 Å². The molecule has 0 saturated carbocycles. The monoisotopic (exact) mass is 340 g/mol. The van der Waals surface area contributed by atoms with E-state index in [1.807, 2.05) is 0 Å². The number of nitrogens with zero attached hydrogens (tertiary/aromatic N) is 2. The molecule has 0 bridgehead atoms. The fourth-order valence-electron chi connectivity index (χ4n) is 4.88. The Labute approximate surface area is 146 Å². The average Bonchev–Trinajstić information content (AvgIpc) is 2.83. The van der Waals surface area contributed by atoms with Crippen molar-refractivity contribution in [2.75, 3.05) is 52.6 Å². The van der Waals surface area contributed by atoms with Gasteiger partial charge < -0.3 is 9.47 Å². The maximum absolute atomic E-state index is 5.39. The zero-order chi connectivity index (χ0) is 15.8. The number of hydrogen-bond donors (Lipinski definition) is 1. The van der Waals surface area contributed by atoms with Gasteiger partial charge in [-0.1, -0.05) is 6.92 Å². The molecule has 0 aromatic rings. The first kappa shape index (κ1) is 16.6. The maximum Gasteiger partial charge on any atom is 0.0645 e. The highest BCUT2D eigenvalue weighted by Crippen LogP contribution is 2.34. The molecular formula is C18H32N2O2S.